The predicted octanol–water partition coefficient (Wildman–Crippen LogP) is 7.01. The zero-order chi connectivity index (χ0) is 30.7. The van der Waals surface area contributed by atoms with E-state index < -0.39 is 16.3 Å². The first-order valence-electron chi connectivity index (χ1n) is 13.6. The van der Waals surface area contributed by atoms with Gasteiger partial charge in [-0.1, -0.05) is 50.2 Å². The summed E-state index contributed by atoms with van der Waals surface area (Å²) >= 11 is 0. The molecule has 1 heterocycles. The third-order valence-electron chi connectivity index (χ3n) is 7.06. The molecule has 0 spiro atoms. The minimum Gasteiger partial charge on any atom is -0.496 e. The second-order valence-corrected chi connectivity index (χ2v) is 10.2. The average molecular weight is 581 g/mol. The smallest absolute Gasteiger partial charge is 0.311 e. The van der Waals surface area contributed by atoms with Crippen LogP contribution in [0.1, 0.15) is 42.0 Å². The van der Waals surface area contributed by atoms with Crippen molar-refractivity contribution in [1.82, 2.24) is 9.66 Å². The minimum absolute atomic E-state index is 0.106. The van der Waals surface area contributed by atoms with Crippen molar-refractivity contribution in [1.29, 1.82) is 0 Å². The van der Waals surface area contributed by atoms with Crippen molar-refractivity contribution in [2.45, 2.75) is 33.3 Å². The van der Waals surface area contributed by atoms with E-state index in [-0.39, 0.29) is 35.1 Å². The number of methoxy groups -OCH3 is 1. The van der Waals surface area contributed by atoms with Crippen LogP contribution in [0.15, 0.2) is 88.8 Å². The Morgan fingerprint density at radius 3 is 2.53 bits per heavy atom. The highest BCUT2D eigenvalue weighted by molar-refractivity contribution is 5.86. The van der Waals surface area contributed by atoms with Crippen LogP contribution in [0.3, 0.4) is 0 Å². The summed E-state index contributed by atoms with van der Waals surface area (Å²) < 4.78 is 26.8. The maximum atomic E-state index is 14.3. The molecule has 0 aliphatic carbocycles. The van der Waals surface area contributed by atoms with E-state index in [0.29, 0.717) is 22.3 Å². The lowest BCUT2D eigenvalue weighted by atomic mass is 9.96. The SMILES string of the molecule is COc1cc(C)c(-c2nc3ccccc3c(=O)n2N=Cc2cccc([N+](=O)[O-])c2OCc2ccccc2F)cc1C(C)C. The number of para-hydroxylation sites is 2. The van der Waals surface area contributed by atoms with Crippen LogP contribution in [0.5, 0.6) is 11.5 Å². The summed E-state index contributed by atoms with van der Waals surface area (Å²) in [6, 6.07) is 21.2. The molecule has 5 rings (SSSR count). The predicted molar refractivity (Wildman–Crippen MR) is 164 cm³/mol. The molecule has 10 heteroatoms. The van der Waals surface area contributed by atoms with Crippen molar-refractivity contribution in [3.8, 4) is 22.9 Å². The molecule has 0 amide bonds. The lowest BCUT2D eigenvalue weighted by molar-refractivity contribution is -0.386. The molecule has 0 aliphatic heterocycles. The highest BCUT2D eigenvalue weighted by Gasteiger charge is 2.21. The Kier molecular flexibility index (Phi) is 8.29. The van der Waals surface area contributed by atoms with Crippen molar-refractivity contribution in [2.24, 2.45) is 5.10 Å². The highest BCUT2D eigenvalue weighted by Crippen LogP contribution is 2.35. The summed E-state index contributed by atoms with van der Waals surface area (Å²) in [6.45, 7) is 5.74. The number of hydrogen-bond acceptors (Lipinski definition) is 7. The van der Waals surface area contributed by atoms with Gasteiger partial charge in [0.1, 0.15) is 18.2 Å². The molecule has 0 atom stereocenters. The van der Waals surface area contributed by atoms with Crippen molar-refractivity contribution in [2.75, 3.05) is 7.11 Å². The zero-order valence-electron chi connectivity index (χ0n) is 24.1. The number of nitro benzene ring substituents is 1. The fraction of sp³-hybridized carbons (Fsp3) is 0.182. The molecule has 0 fully saturated rings. The number of hydrogen-bond donors (Lipinski definition) is 0. The maximum absolute atomic E-state index is 14.3. The number of nitrogens with zero attached hydrogens (tertiary/aromatic N) is 4. The van der Waals surface area contributed by atoms with Gasteiger partial charge in [-0.25, -0.2) is 9.37 Å². The molecule has 0 unspecified atom stereocenters. The molecule has 4 aromatic carbocycles. The molecule has 5 aromatic rings. The van der Waals surface area contributed by atoms with Gasteiger partial charge >= 0.3 is 5.69 Å². The third-order valence-corrected chi connectivity index (χ3v) is 7.06. The van der Waals surface area contributed by atoms with Crippen LogP contribution >= 0.6 is 0 Å². The maximum Gasteiger partial charge on any atom is 0.311 e. The molecule has 0 bridgehead atoms. The van der Waals surface area contributed by atoms with E-state index in [4.69, 9.17) is 14.5 Å². The van der Waals surface area contributed by atoms with E-state index in [0.717, 1.165) is 16.9 Å². The highest BCUT2D eigenvalue weighted by atomic mass is 19.1. The van der Waals surface area contributed by atoms with Gasteiger partial charge < -0.3 is 9.47 Å². The molecule has 43 heavy (non-hydrogen) atoms. The number of ether oxygens (including phenoxy) is 2. The van der Waals surface area contributed by atoms with Gasteiger partial charge in [0.05, 0.1) is 29.2 Å². The molecule has 0 saturated heterocycles. The molecule has 1 aromatic heterocycles. The molecule has 0 aliphatic rings. The van der Waals surface area contributed by atoms with E-state index in [9.17, 15) is 19.3 Å². The van der Waals surface area contributed by atoms with Crippen molar-refractivity contribution < 1.29 is 18.8 Å². The van der Waals surface area contributed by atoms with E-state index in [1.165, 1.54) is 35.2 Å². The first-order chi connectivity index (χ1) is 20.7. The van der Waals surface area contributed by atoms with Crippen LogP contribution in [-0.4, -0.2) is 27.9 Å². The second-order valence-electron chi connectivity index (χ2n) is 10.2. The Balaban J connectivity index is 1.68. The standard InChI is InChI=1S/C33H29FN4O5/c1-20(2)25-17-26(21(3)16-30(25)42-4)32-36-28-14-8-6-12-24(28)33(39)37(32)35-18-22-11-9-15-29(38(40)41)31(22)43-19-23-10-5-7-13-27(23)34/h5-18,20H,19H2,1-4H3. The summed E-state index contributed by atoms with van der Waals surface area (Å²) in [5, 5.41) is 16.7. The Morgan fingerprint density at radius 2 is 1.81 bits per heavy atom. The van der Waals surface area contributed by atoms with Crippen molar-refractivity contribution in [3.05, 3.63) is 127 Å². The first-order valence-corrected chi connectivity index (χ1v) is 13.6. The number of halogens is 1. The fourth-order valence-corrected chi connectivity index (χ4v) is 4.80. The Morgan fingerprint density at radius 1 is 1.07 bits per heavy atom. The molecule has 0 N–H and O–H groups in total. The van der Waals surface area contributed by atoms with Crippen molar-refractivity contribution >= 4 is 22.8 Å². The number of nitro groups is 1. The first kappa shape index (κ1) is 29.1. The monoisotopic (exact) mass is 580 g/mol. The van der Waals surface area contributed by atoms with Gasteiger partial charge in [0, 0.05) is 22.8 Å². The summed E-state index contributed by atoms with van der Waals surface area (Å²) in [5.74, 6) is 0.539. The number of rotatable bonds is 9. The van der Waals surface area contributed by atoms with Gasteiger partial charge in [0.15, 0.2) is 5.82 Å². The van der Waals surface area contributed by atoms with E-state index in [2.05, 4.69) is 5.10 Å². The normalized spacial score (nSPS) is 11.4. The molecular weight excluding hydrogens is 551 g/mol. The average Bonchev–Trinajstić information content (AvgIpc) is 3.00. The number of aryl methyl sites for hydroxylation is 1. The van der Waals surface area contributed by atoms with Crippen molar-refractivity contribution in [3.63, 3.8) is 0 Å². The fourth-order valence-electron chi connectivity index (χ4n) is 4.80. The van der Waals surface area contributed by atoms with Gasteiger partial charge in [-0.05, 0) is 60.4 Å². The van der Waals surface area contributed by atoms with Crippen LogP contribution in [0.25, 0.3) is 22.3 Å². The van der Waals surface area contributed by atoms with E-state index >= 15 is 0 Å². The van der Waals surface area contributed by atoms with Gasteiger partial charge in [-0.3, -0.25) is 14.9 Å². The summed E-state index contributed by atoms with van der Waals surface area (Å²) in [5.41, 5.74) is 2.65. The van der Waals surface area contributed by atoms with E-state index in [1.54, 1.807) is 49.6 Å². The quantitative estimate of drug-likeness (QED) is 0.105. The number of fused-ring (bicyclic) bond motifs is 1. The van der Waals surface area contributed by atoms with Gasteiger partial charge in [-0.2, -0.15) is 9.78 Å². The third kappa shape index (κ3) is 5.85. The summed E-state index contributed by atoms with van der Waals surface area (Å²) in [7, 11) is 1.61. The topological polar surface area (TPSA) is 109 Å². The van der Waals surface area contributed by atoms with Gasteiger partial charge in [0.25, 0.3) is 5.56 Å². The molecule has 9 nitrogen and oxygen atoms in total. The van der Waals surface area contributed by atoms with E-state index in [1.807, 2.05) is 32.9 Å². The van der Waals surface area contributed by atoms with Crippen LogP contribution in [0.4, 0.5) is 10.1 Å². The van der Waals surface area contributed by atoms with Crippen LogP contribution in [0.2, 0.25) is 0 Å². The molecule has 218 valence electrons. The number of aromatic nitrogens is 2. The lowest BCUT2D eigenvalue weighted by Crippen LogP contribution is -2.21. The molecule has 0 radical (unpaired) electrons. The second kappa shape index (κ2) is 12.2. The van der Waals surface area contributed by atoms with Gasteiger partial charge in [0.2, 0.25) is 5.75 Å². The largest absolute Gasteiger partial charge is 0.496 e. The number of benzene rings is 4. The Bertz CT molecular complexity index is 1930. The Hall–Kier alpha value is -5.38. The van der Waals surface area contributed by atoms with Crippen LogP contribution in [0, 0.1) is 22.9 Å². The van der Waals surface area contributed by atoms with Crippen LogP contribution < -0.4 is 15.0 Å². The van der Waals surface area contributed by atoms with Gasteiger partial charge in [-0.15, -0.1) is 0 Å². The summed E-state index contributed by atoms with van der Waals surface area (Å²) in [6.07, 6.45) is 1.31. The summed E-state index contributed by atoms with van der Waals surface area (Å²) in [4.78, 5) is 29.9. The lowest BCUT2D eigenvalue weighted by Gasteiger charge is -2.17. The molecular formula is C33H29FN4O5. The Labute approximate surface area is 247 Å². The molecule has 0 saturated carbocycles. The zero-order valence-corrected chi connectivity index (χ0v) is 24.1. The van der Waals surface area contributed by atoms with Crippen LogP contribution in [-0.2, 0) is 6.61 Å². The minimum atomic E-state index is -0.586.